The minimum absolute atomic E-state index is 0.0606. The number of aryl methyl sites for hydroxylation is 1. The van der Waals surface area contributed by atoms with Gasteiger partial charge in [0.1, 0.15) is 36.4 Å². The summed E-state index contributed by atoms with van der Waals surface area (Å²) in [6.45, 7) is 8.91. The lowest BCUT2D eigenvalue weighted by molar-refractivity contribution is -0.186. The number of carbonyl (C=O) groups excluding carboxylic acids is 1. The van der Waals surface area contributed by atoms with E-state index in [0.717, 1.165) is 16.7 Å². The highest BCUT2D eigenvalue weighted by Crippen LogP contribution is 2.41. The van der Waals surface area contributed by atoms with E-state index in [2.05, 4.69) is 53.1 Å². The summed E-state index contributed by atoms with van der Waals surface area (Å²) >= 11 is 12.5. The van der Waals surface area contributed by atoms with Gasteiger partial charge in [0.15, 0.2) is 0 Å². The van der Waals surface area contributed by atoms with Crippen LogP contribution in [-0.2, 0) is 28.9 Å². The van der Waals surface area contributed by atoms with Gasteiger partial charge in [0, 0.05) is 46.1 Å². The first kappa shape index (κ1) is 41.1. The number of rotatable bonds is 9. The predicted molar refractivity (Wildman–Crippen MR) is 216 cm³/mol. The summed E-state index contributed by atoms with van der Waals surface area (Å²) in [6.07, 6.45) is 1.49. The van der Waals surface area contributed by atoms with Gasteiger partial charge in [-0.05, 0) is 93.9 Å². The average Bonchev–Trinajstić information content (AvgIpc) is 3.93. The zero-order chi connectivity index (χ0) is 40.7. The smallest absolute Gasteiger partial charge is 0.282 e. The van der Waals surface area contributed by atoms with Gasteiger partial charge in [-0.1, -0.05) is 65.4 Å². The number of hydrogen-bond acceptors (Lipinski definition) is 7. The van der Waals surface area contributed by atoms with Crippen LogP contribution in [0.25, 0.3) is 11.1 Å². The van der Waals surface area contributed by atoms with Gasteiger partial charge in [-0.2, -0.15) is 10.2 Å². The Labute approximate surface area is 339 Å². The molecule has 0 aliphatic carbocycles. The number of amides is 1. The highest BCUT2D eigenvalue weighted by atomic mass is 35.5. The molecule has 1 amide bonds. The monoisotopic (exact) mass is 812 g/mol. The van der Waals surface area contributed by atoms with Crippen LogP contribution in [0.5, 0.6) is 11.5 Å². The van der Waals surface area contributed by atoms with Gasteiger partial charge >= 0.3 is 0 Å². The second kappa shape index (κ2) is 17.7. The van der Waals surface area contributed by atoms with E-state index in [-0.39, 0.29) is 17.1 Å². The Balaban J connectivity index is 0.000000194. The van der Waals surface area contributed by atoms with Crippen LogP contribution in [0.3, 0.4) is 0 Å². The topological polar surface area (TPSA) is 105 Å². The zero-order valence-electron chi connectivity index (χ0n) is 31.8. The van der Waals surface area contributed by atoms with E-state index in [1.807, 2.05) is 55.5 Å². The Morgan fingerprint density at radius 1 is 1.04 bits per heavy atom. The van der Waals surface area contributed by atoms with Crippen LogP contribution >= 0.6 is 23.2 Å². The summed E-state index contributed by atoms with van der Waals surface area (Å²) in [5.74, 6) is 5.97. The predicted octanol–water partition coefficient (Wildman–Crippen LogP) is 10.3. The Bertz CT molecular complexity index is 2370. The fourth-order valence-electron chi connectivity index (χ4n) is 5.86. The summed E-state index contributed by atoms with van der Waals surface area (Å²) in [5.41, 5.74) is 3.04. The SMILES string of the molecule is CC1COC(Cn2cncn2)(c2ccc(Oc3ccc(Cl)cc3)cc2Cl)O1.Cn1cc(C(=O)Nc2ccccc2-c2ccc(C#CC(C)(C)C)cc2)c(C(F)F)n1. The maximum absolute atomic E-state index is 13.2. The van der Waals surface area contributed by atoms with Gasteiger partial charge in [0.2, 0.25) is 5.79 Å². The average molecular weight is 814 g/mol. The van der Waals surface area contributed by atoms with E-state index in [4.69, 9.17) is 37.4 Å². The molecule has 6 aromatic rings. The van der Waals surface area contributed by atoms with E-state index in [9.17, 15) is 13.6 Å². The standard InChI is InChI=1S/C24H23F2N3O.C19H17Cl2N3O3/c1-24(2,3)14-13-16-9-11-17(12-10-16)18-7-5-6-8-20(18)27-23(30)19-15-29(4)28-21(19)22(25)26;1-13-9-25-19(27-13,10-24-12-22-11-23-24)17-7-6-16(8-18(17)21)26-15-4-2-14(20)3-5-15/h5-12,15,22H,1-4H3,(H,27,30);2-8,11-13H,9-10H2,1H3. The molecule has 14 heteroatoms. The number of ether oxygens (including phenoxy) is 3. The summed E-state index contributed by atoms with van der Waals surface area (Å²) in [6, 6.07) is 27.4. The lowest BCUT2D eigenvalue weighted by Gasteiger charge is -2.29. The first-order valence-electron chi connectivity index (χ1n) is 17.9. The number of nitrogens with one attached hydrogen (secondary N) is 1. The molecule has 1 aliphatic rings. The zero-order valence-corrected chi connectivity index (χ0v) is 33.4. The third-order valence-corrected chi connectivity index (χ3v) is 9.01. The molecule has 57 heavy (non-hydrogen) atoms. The molecule has 0 radical (unpaired) electrons. The molecule has 7 rings (SSSR count). The van der Waals surface area contributed by atoms with Crippen molar-refractivity contribution in [2.24, 2.45) is 12.5 Å². The maximum atomic E-state index is 13.2. The van der Waals surface area contributed by atoms with Gasteiger partial charge < -0.3 is 19.5 Å². The third-order valence-electron chi connectivity index (χ3n) is 8.44. The molecule has 2 aromatic heterocycles. The molecule has 3 heterocycles. The number of para-hydroxylation sites is 1. The van der Waals surface area contributed by atoms with Crippen LogP contribution in [0.2, 0.25) is 10.0 Å². The van der Waals surface area contributed by atoms with Crippen LogP contribution in [0.15, 0.2) is 110 Å². The number of nitrogens with zero attached hydrogens (tertiary/aromatic N) is 5. The number of alkyl halides is 2. The highest BCUT2D eigenvalue weighted by Gasteiger charge is 2.44. The van der Waals surface area contributed by atoms with Crippen LogP contribution in [0, 0.1) is 17.3 Å². The largest absolute Gasteiger partial charge is 0.457 e. The molecule has 1 saturated heterocycles. The molecule has 0 saturated carbocycles. The fraction of sp³-hybridized carbons (Fsp3) is 0.256. The Morgan fingerprint density at radius 3 is 2.39 bits per heavy atom. The molecule has 10 nitrogen and oxygen atoms in total. The minimum Gasteiger partial charge on any atom is -0.457 e. The van der Waals surface area contributed by atoms with Crippen molar-refractivity contribution in [3.8, 4) is 34.5 Å². The summed E-state index contributed by atoms with van der Waals surface area (Å²) in [7, 11) is 1.50. The lowest BCUT2D eigenvalue weighted by Crippen LogP contribution is -2.34. The minimum atomic E-state index is -2.83. The van der Waals surface area contributed by atoms with E-state index in [1.54, 1.807) is 53.5 Å². The van der Waals surface area contributed by atoms with Crippen molar-refractivity contribution in [2.75, 3.05) is 11.9 Å². The second-order valence-corrected chi connectivity index (χ2v) is 15.1. The maximum Gasteiger partial charge on any atom is 0.282 e. The number of halogens is 4. The Hall–Kier alpha value is -5.58. The molecule has 1 N–H and O–H groups in total. The molecule has 2 atom stereocenters. The number of anilines is 1. The molecule has 1 aliphatic heterocycles. The van der Waals surface area contributed by atoms with Crippen molar-refractivity contribution in [3.05, 3.63) is 142 Å². The van der Waals surface area contributed by atoms with Crippen LogP contribution < -0.4 is 10.1 Å². The first-order chi connectivity index (χ1) is 27.2. The lowest BCUT2D eigenvalue weighted by atomic mass is 9.97. The van der Waals surface area contributed by atoms with E-state index in [1.165, 1.54) is 24.3 Å². The van der Waals surface area contributed by atoms with Crippen molar-refractivity contribution in [2.45, 2.75) is 52.6 Å². The van der Waals surface area contributed by atoms with Gasteiger partial charge in [-0.15, -0.1) is 0 Å². The summed E-state index contributed by atoms with van der Waals surface area (Å²) in [4.78, 5) is 16.6. The first-order valence-corrected chi connectivity index (χ1v) is 18.7. The molecular weight excluding hydrogens is 773 g/mol. The number of carbonyl (C=O) groups is 1. The Kier molecular flexibility index (Phi) is 12.7. The van der Waals surface area contributed by atoms with Crippen LogP contribution in [0.4, 0.5) is 14.5 Å². The number of aromatic nitrogens is 5. The van der Waals surface area contributed by atoms with Gasteiger partial charge in [0.05, 0.1) is 23.3 Å². The van der Waals surface area contributed by atoms with Gasteiger partial charge in [-0.3, -0.25) is 9.48 Å². The molecule has 1 fully saturated rings. The van der Waals surface area contributed by atoms with Crippen molar-refractivity contribution < 1.29 is 27.8 Å². The van der Waals surface area contributed by atoms with E-state index >= 15 is 0 Å². The fourth-order valence-corrected chi connectivity index (χ4v) is 6.30. The van der Waals surface area contributed by atoms with Crippen molar-refractivity contribution >= 4 is 34.8 Å². The highest BCUT2D eigenvalue weighted by molar-refractivity contribution is 6.31. The second-order valence-electron chi connectivity index (χ2n) is 14.3. The summed E-state index contributed by atoms with van der Waals surface area (Å²) < 4.78 is 47.2. The summed E-state index contributed by atoms with van der Waals surface area (Å²) in [5, 5.41) is 11.7. The Morgan fingerprint density at radius 2 is 1.75 bits per heavy atom. The normalized spacial score (nSPS) is 16.4. The number of hydrogen-bond donors (Lipinski definition) is 1. The number of benzene rings is 4. The molecule has 2 unspecified atom stereocenters. The van der Waals surface area contributed by atoms with Gasteiger partial charge in [-0.25, -0.2) is 18.4 Å². The van der Waals surface area contributed by atoms with E-state index in [0.29, 0.717) is 45.9 Å². The van der Waals surface area contributed by atoms with Crippen molar-refractivity contribution in [1.29, 1.82) is 0 Å². The molecule has 0 bridgehead atoms. The molecular formula is C43H40Cl2F2N6O4. The molecule has 294 valence electrons. The van der Waals surface area contributed by atoms with Crippen LogP contribution in [0.1, 0.15) is 61.3 Å². The quantitative estimate of drug-likeness (QED) is 0.145. The van der Waals surface area contributed by atoms with Gasteiger partial charge in [0.25, 0.3) is 12.3 Å². The van der Waals surface area contributed by atoms with E-state index < -0.39 is 23.8 Å². The van der Waals surface area contributed by atoms with Crippen LogP contribution in [-0.4, -0.2) is 43.2 Å². The third kappa shape index (κ3) is 10.6. The molecule has 0 spiro atoms. The van der Waals surface area contributed by atoms with Crippen molar-refractivity contribution in [3.63, 3.8) is 0 Å². The molecule has 4 aromatic carbocycles. The van der Waals surface area contributed by atoms with Crippen molar-refractivity contribution in [1.82, 2.24) is 24.5 Å².